The van der Waals surface area contributed by atoms with Gasteiger partial charge in [-0.25, -0.2) is 4.98 Å². The van der Waals surface area contributed by atoms with Gasteiger partial charge in [0.15, 0.2) is 0 Å². The van der Waals surface area contributed by atoms with Crippen LogP contribution in [0.1, 0.15) is 50.5 Å². The molecule has 0 aliphatic rings. The molecule has 0 aliphatic heterocycles. The van der Waals surface area contributed by atoms with Crippen molar-refractivity contribution >= 4 is 17.2 Å². The second-order valence-corrected chi connectivity index (χ2v) is 6.11. The maximum Gasteiger partial charge on any atom is 0.117 e. The Hall–Kier alpha value is -0.900. The Morgan fingerprint density at radius 2 is 2.19 bits per heavy atom. The summed E-state index contributed by atoms with van der Waals surface area (Å²) in [6.07, 6.45) is 2.96. The van der Waals surface area contributed by atoms with Crippen molar-refractivity contribution in [3.63, 3.8) is 0 Å². The van der Waals surface area contributed by atoms with Gasteiger partial charge in [0, 0.05) is 16.5 Å². The van der Waals surface area contributed by atoms with Crippen LogP contribution in [0.4, 0.5) is 0 Å². The SMILES string of the molecule is CCc1cnc(C(C)N=C(N)C(C)(C)C)s1. The van der Waals surface area contributed by atoms with Crippen molar-refractivity contribution < 1.29 is 0 Å². The average Bonchev–Trinajstić information content (AvgIpc) is 2.64. The number of aromatic nitrogens is 1. The van der Waals surface area contributed by atoms with Gasteiger partial charge >= 0.3 is 0 Å². The molecular formula is C12H21N3S. The van der Waals surface area contributed by atoms with E-state index in [2.05, 4.69) is 37.7 Å². The van der Waals surface area contributed by atoms with Crippen LogP contribution in [-0.4, -0.2) is 10.8 Å². The van der Waals surface area contributed by atoms with E-state index in [-0.39, 0.29) is 11.5 Å². The first-order chi connectivity index (χ1) is 7.34. The molecule has 1 rings (SSSR count). The number of hydrogen-bond donors (Lipinski definition) is 1. The molecule has 1 aromatic heterocycles. The molecule has 0 bridgehead atoms. The fraction of sp³-hybridized carbons (Fsp3) is 0.667. The summed E-state index contributed by atoms with van der Waals surface area (Å²) in [5.74, 6) is 0.688. The molecule has 1 heterocycles. The van der Waals surface area contributed by atoms with E-state index in [9.17, 15) is 0 Å². The van der Waals surface area contributed by atoms with Crippen LogP contribution in [0.2, 0.25) is 0 Å². The van der Waals surface area contributed by atoms with Gasteiger partial charge in [-0.3, -0.25) is 4.99 Å². The molecule has 3 nitrogen and oxygen atoms in total. The summed E-state index contributed by atoms with van der Waals surface area (Å²) in [6, 6.07) is 0.0597. The molecule has 0 aromatic carbocycles. The first-order valence-corrected chi connectivity index (χ1v) is 6.44. The van der Waals surface area contributed by atoms with E-state index in [0.717, 1.165) is 11.4 Å². The van der Waals surface area contributed by atoms with E-state index >= 15 is 0 Å². The third kappa shape index (κ3) is 3.30. The highest BCUT2D eigenvalue weighted by atomic mass is 32.1. The van der Waals surface area contributed by atoms with E-state index in [1.54, 1.807) is 11.3 Å². The summed E-state index contributed by atoms with van der Waals surface area (Å²) >= 11 is 1.72. The van der Waals surface area contributed by atoms with Crippen molar-refractivity contribution in [1.29, 1.82) is 0 Å². The number of nitrogens with zero attached hydrogens (tertiary/aromatic N) is 2. The molecule has 16 heavy (non-hydrogen) atoms. The molecule has 0 amide bonds. The molecule has 1 unspecified atom stereocenters. The highest BCUT2D eigenvalue weighted by Gasteiger charge is 2.17. The lowest BCUT2D eigenvalue weighted by atomic mass is 9.95. The minimum Gasteiger partial charge on any atom is -0.387 e. The standard InChI is InChI=1S/C12H21N3S/c1-6-9-7-14-10(16-9)8(2)15-11(13)12(3,4)5/h7-8H,6H2,1-5H3,(H2,13,15). The lowest BCUT2D eigenvalue weighted by Gasteiger charge is -2.18. The van der Waals surface area contributed by atoms with Gasteiger partial charge < -0.3 is 5.73 Å². The minimum atomic E-state index is -0.0703. The molecule has 0 aliphatic carbocycles. The Bertz CT molecular complexity index is 374. The highest BCUT2D eigenvalue weighted by molar-refractivity contribution is 7.11. The summed E-state index contributed by atoms with van der Waals surface area (Å²) < 4.78 is 0. The lowest BCUT2D eigenvalue weighted by molar-refractivity contribution is 0.575. The van der Waals surface area contributed by atoms with Crippen LogP contribution in [0.3, 0.4) is 0 Å². The number of aryl methyl sites for hydroxylation is 1. The zero-order valence-electron chi connectivity index (χ0n) is 10.7. The van der Waals surface area contributed by atoms with Gasteiger partial charge in [-0.15, -0.1) is 11.3 Å². The molecule has 4 heteroatoms. The molecular weight excluding hydrogens is 218 g/mol. The molecule has 0 saturated carbocycles. The van der Waals surface area contributed by atoms with Crippen LogP contribution in [0.25, 0.3) is 0 Å². The predicted molar refractivity (Wildman–Crippen MR) is 71.0 cm³/mol. The van der Waals surface area contributed by atoms with Gasteiger partial charge in [0.2, 0.25) is 0 Å². The van der Waals surface area contributed by atoms with E-state index in [4.69, 9.17) is 5.73 Å². The Labute approximate surface area is 102 Å². The minimum absolute atomic E-state index is 0.0597. The normalized spacial score (nSPS) is 15.2. The number of thiazole rings is 1. The second-order valence-electron chi connectivity index (χ2n) is 4.96. The molecule has 0 spiro atoms. The summed E-state index contributed by atoms with van der Waals surface area (Å²) in [5, 5.41) is 1.05. The van der Waals surface area contributed by atoms with Gasteiger partial charge in [0.25, 0.3) is 0 Å². The topological polar surface area (TPSA) is 51.3 Å². The maximum atomic E-state index is 5.96. The summed E-state index contributed by atoms with van der Waals surface area (Å²) in [7, 11) is 0. The Morgan fingerprint density at radius 3 is 2.62 bits per heavy atom. The van der Waals surface area contributed by atoms with Gasteiger partial charge in [-0.2, -0.15) is 0 Å². The van der Waals surface area contributed by atoms with Crippen LogP contribution in [0, 0.1) is 5.41 Å². The number of amidine groups is 1. The monoisotopic (exact) mass is 239 g/mol. The van der Waals surface area contributed by atoms with E-state index in [1.165, 1.54) is 4.88 Å². The third-order valence-electron chi connectivity index (χ3n) is 2.38. The average molecular weight is 239 g/mol. The second kappa shape index (κ2) is 4.95. The largest absolute Gasteiger partial charge is 0.387 e. The van der Waals surface area contributed by atoms with Crippen LogP contribution >= 0.6 is 11.3 Å². The van der Waals surface area contributed by atoms with E-state index in [1.807, 2.05) is 13.1 Å². The van der Waals surface area contributed by atoms with Crippen LogP contribution in [-0.2, 0) is 6.42 Å². The van der Waals surface area contributed by atoms with Crippen molar-refractivity contribution in [3.8, 4) is 0 Å². The van der Waals surface area contributed by atoms with Crippen molar-refractivity contribution in [2.45, 2.75) is 47.1 Å². The molecule has 0 saturated heterocycles. The molecule has 1 aromatic rings. The quantitative estimate of drug-likeness (QED) is 0.650. The number of aliphatic imine (C=N–C) groups is 1. The van der Waals surface area contributed by atoms with Crippen LogP contribution in [0.15, 0.2) is 11.2 Å². The van der Waals surface area contributed by atoms with Crippen LogP contribution in [0.5, 0.6) is 0 Å². The Balaban J connectivity index is 2.83. The number of hydrogen-bond acceptors (Lipinski definition) is 3. The van der Waals surface area contributed by atoms with Gasteiger partial charge in [0.05, 0.1) is 5.84 Å². The van der Waals surface area contributed by atoms with Crippen molar-refractivity contribution in [3.05, 3.63) is 16.1 Å². The first-order valence-electron chi connectivity index (χ1n) is 5.63. The summed E-state index contributed by atoms with van der Waals surface area (Å²) in [5.41, 5.74) is 5.88. The molecule has 0 radical (unpaired) electrons. The fourth-order valence-electron chi connectivity index (χ4n) is 1.14. The zero-order chi connectivity index (χ0) is 12.3. The molecule has 2 N–H and O–H groups in total. The van der Waals surface area contributed by atoms with Gasteiger partial charge in [0.1, 0.15) is 11.0 Å². The Morgan fingerprint density at radius 1 is 1.56 bits per heavy atom. The highest BCUT2D eigenvalue weighted by Crippen LogP contribution is 2.24. The summed E-state index contributed by atoms with van der Waals surface area (Å²) in [6.45, 7) is 10.4. The first kappa shape index (κ1) is 13.2. The predicted octanol–water partition coefficient (Wildman–Crippen LogP) is 3.17. The van der Waals surface area contributed by atoms with Crippen LogP contribution < -0.4 is 5.73 Å². The molecule has 90 valence electrons. The van der Waals surface area contributed by atoms with Gasteiger partial charge in [-0.1, -0.05) is 27.7 Å². The zero-order valence-corrected chi connectivity index (χ0v) is 11.6. The van der Waals surface area contributed by atoms with Crippen molar-refractivity contribution in [1.82, 2.24) is 4.98 Å². The lowest BCUT2D eigenvalue weighted by Crippen LogP contribution is -2.29. The van der Waals surface area contributed by atoms with Crippen molar-refractivity contribution in [2.75, 3.05) is 0 Å². The van der Waals surface area contributed by atoms with Crippen molar-refractivity contribution in [2.24, 2.45) is 16.1 Å². The van der Waals surface area contributed by atoms with E-state index in [0.29, 0.717) is 5.84 Å². The number of nitrogens with two attached hydrogens (primary N) is 1. The smallest absolute Gasteiger partial charge is 0.117 e. The maximum absolute atomic E-state index is 5.96. The van der Waals surface area contributed by atoms with Gasteiger partial charge in [-0.05, 0) is 13.3 Å². The Kier molecular flexibility index (Phi) is 4.08. The van der Waals surface area contributed by atoms with E-state index < -0.39 is 0 Å². The molecule has 1 atom stereocenters. The number of rotatable bonds is 3. The molecule has 0 fully saturated rings. The third-order valence-corrected chi connectivity index (χ3v) is 3.69. The summed E-state index contributed by atoms with van der Waals surface area (Å²) in [4.78, 5) is 10.2. The fourth-order valence-corrected chi connectivity index (χ4v) is 1.98.